The van der Waals surface area contributed by atoms with Gasteiger partial charge in [-0.1, -0.05) is 17.7 Å². The third-order valence-electron chi connectivity index (χ3n) is 3.08. The van der Waals surface area contributed by atoms with Crippen LogP contribution in [0.1, 0.15) is 12.0 Å². The lowest BCUT2D eigenvalue weighted by Gasteiger charge is -2.20. The highest BCUT2D eigenvalue weighted by atomic mass is 35.5. The number of nitrogens with one attached hydrogen (secondary N) is 1. The molecule has 98 valence electrons. The van der Waals surface area contributed by atoms with Crippen molar-refractivity contribution in [3.63, 3.8) is 0 Å². The minimum absolute atomic E-state index is 0.0332. The smallest absolute Gasteiger partial charge is 0.227 e. The van der Waals surface area contributed by atoms with Crippen LogP contribution < -0.4 is 5.32 Å². The summed E-state index contributed by atoms with van der Waals surface area (Å²) in [5.74, 6) is -0.477. The van der Waals surface area contributed by atoms with Crippen LogP contribution in [0.3, 0.4) is 0 Å². The minimum Gasteiger partial charge on any atom is -0.341 e. The zero-order valence-corrected chi connectivity index (χ0v) is 10.8. The second kappa shape index (κ2) is 6.16. The molecule has 0 bridgehead atoms. The van der Waals surface area contributed by atoms with E-state index < -0.39 is 5.82 Å². The molecule has 1 saturated heterocycles. The van der Waals surface area contributed by atoms with Crippen LogP contribution in [-0.2, 0) is 11.2 Å². The second-order valence-electron chi connectivity index (χ2n) is 4.36. The summed E-state index contributed by atoms with van der Waals surface area (Å²) in [6, 6.07) is 4.48. The molecule has 0 unspecified atom stereocenters. The monoisotopic (exact) mass is 270 g/mol. The molecule has 3 nitrogen and oxygen atoms in total. The van der Waals surface area contributed by atoms with Gasteiger partial charge in [0, 0.05) is 30.2 Å². The van der Waals surface area contributed by atoms with Crippen LogP contribution in [0.5, 0.6) is 0 Å². The first-order valence-electron chi connectivity index (χ1n) is 6.10. The molecule has 0 aliphatic carbocycles. The molecule has 2 rings (SSSR count). The van der Waals surface area contributed by atoms with Gasteiger partial charge in [0.05, 0.1) is 6.42 Å². The van der Waals surface area contributed by atoms with E-state index in [0.29, 0.717) is 17.1 Å². The Kier molecular flexibility index (Phi) is 4.55. The van der Waals surface area contributed by atoms with E-state index in [1.54, 1.807) is 17.0 Å². The predicted molar refractivity (Wildman–Crippen MR) is 69.2 cm³/mol. The number of hydrogen-bond acceptors (Lipinski definition) is 2. The van der Waals surface area contributed by atoms with Gasteiger partial charge in [-0.25, -0.2) is 4.39 Å². The lowest BCUT2D eigenvalue weighted by molar-refractivity contribution is -0.130. The number of hydrogen-bond donors (Lipinski definition) is 1. The minimum atomic E-state index is -0.413. The Morgan fingerprint density at radius 3 is 3.00 bits per heavy atom. The van der Waals surface area contributed by atoms with E-state index in [1.165, 1.54) is 6.07 Å². The number of carbonyl (C=O) groups excluding carboxylic acids is 1. The Balaban J connectivity index is 2.06. The number of rotatable bonds is 2. The summed E-state index contributed by atoms with van der Waals surface area (Å²) in [6.45, 7) is 3.10. The van der Waals surface area contributed by atoms with Crippen molar-refractivity contribution < 1.29 is 9.18 Å². The molecular weight excluding hydrogens is 255 g/mol. The molecule has 1 amide bonds. The van der Waals surface area contributed by atoms with Gasteiger partial charge in [0.1, 0.15) is 5.82 Å². The fraction of sp³-hybridized carbons (Fsp3) is 0.462. The first-order valence-corrected chi connectivity index (χ1v) is 6.47. The molecule has 1 aromatic rings. The number of nitrogens with zero attached hydrogens (tertiary/aromatic N) is 1. The van der Waals surface area contributed by atoms with Crippen LogP contribution >= 0.6 is 11.6 Å². The molecule has 0 spiro atoms. The van der Waals surface area contributed by atoms with Crippen molar-refractivity contribution in [1.29, 1.82) is 0 Å². The molecule has 0 radical (unpaired) electrons. The summed E-state index contributed by atoms with van der Waals surface area (Å²) in [6.07, 6.45) is 0.961. The van der Waals surface area contributed by atoms with E-state index >= 15 is 0 Å². The van der Waals surface area contributed by atoms with E-state index in [-0.39, 0.29) is 12.3 Å². The van der Waals surface area contributed by atoms with Gasteiger partial charge in [0.2, 0.25) is 5.91 Å². The van der Waals surface area contributed by atoms with Crippen molar-refractivity contribution >= 4 is 17.5 Å². The van der Waals surface area contributed by atoms with Gasteiger partial charge in [-0.15, -0.1) is 0 Å². The zero-order chi connectivity index (χ0) is 13.0. The molecule has 18 heavy (non-hydrogen) atoms. The largest absolute Gasteiger partial charge is 0.341 e. The van der Waals surface area contributed by atoms with Crippen molar-refractivity contribution in [2.24, 2.45) is 0 Å². The number of benzene rings is 1. The number of carbonyl (C=O) groups is 1. The maximum absolute atomic E-state index is 13.6. The molecular formula is C13H16ClFN2O. The molecule has 0 atom stereocenters. The van der Waals surface area contributed by atoms with E-state index in [2.05, 4.69) is 5.32 Å². The maximum Gasteiger partial charge on any atom is 0.227 e. The Bertz CT molecular complexity index is 411. The van der Waals surface area contributed by atoms with Crippen molar-refractivity contribution in [2.45, 2.75) is 12.8 Å². The van der Waals surface area contributed by atoms with Gasteiger partial charge in [-0.05, 0) is 25.1 Å². The predicted octanol–water partition coefficient (Wildman–Crippen LogP) is 1.84. The topological polar surface area (TPSA) is 32.3 Å². The lowest BCUT2D eigenvalue weighted by Crippen LogP contribution is -2.35. The van der Waals surface area contributed by atoms with E-state index in [1.807, 2.05) is 0 Å². The van der Waals surface area contributed by atoms with Crippen LogP contribution in [0.25, 0.3) is 0 Å². The molecule has 1 aliphatic rings. The molecule has 1 heterocycles. The van der Waals surface area contributed by atoms with E-state index in [9.17, 15) is 9.18 Å². The molecule has 1 aromatic carbocycles. The van der Waals surface area contributed by atoms with Gasteiger partial charge in [-0.3, -0.25) is 4.79 Å². The highest BCUT2D eigenvalue weighted by Gasteiger charge is 2.18. The summed E-state index contributed by atoms with van der Waals surface area (Å²) >= 11 is 5.92. The first-order chi connectivity index (χ1) is 8.68. The summed E-state index contributed by atoms with van der Waals surface area (Å²) in [4.78, 5) is 13.9. The van der Waals surface area contributed by atoms with Gasteiger partial charge < -0.3 is 10.2 Å². The van der Waals surface area contributed by atoms with Crippen molar-refractivity contribution in [3.8, 4) is 0 Å². The standard InChI is InChI=1S/C13H16ClFN2O/c14-11-3-1-4-12(15)10(11)9-13(18)17-7-2-5-16-6-8-17/h1,3-4,16H,2,5-9H2. The van der Waals surface area contributed by atoms with Crippen molar-refractivity contribution in [2.75, 3.05) is 26.2 Å². The molecule has 1 fully saturated rings. The third-order valence-corrected chi connectivity index (χ3v) is 3.44. The summed E-state index contributed by atoms with van der Waals surface area (Å²) in [5.41, 5.74) is 0.293. The van der Waals surface area contributed by atoms with Crippen LogP contribution in [0.4, 0.5) is 4.39 Å². The van der Waals surface area contributed by atoms with Crippen molar-refractivity contribution in [3.05, 3.63) is 34.6 Å². The summed E-state index contributed by atoms with van der Waals surface area (Å²) < 4.78 is 13.6. The van der Waals surface area contributed by atoms with Crippen molar-refractivity contribution in [1.82, 2.24) is 10.2 Å². The average molecular weight is 271 g/mol. The Labute approximate surface area is 111 Å². The Hall–Kier alpha value is -1.13. The van der Waals surface area contributed by atoms with Crippen LogP contribution in [0.2, 0.25) is 5.02 Å². The molecule has 1 N–H and O–H groups in total. The lowest BCUT2D eigenvalue weighted by atomic mass is 10.1. The maximum atomic E-state index is 13.6. The van der Waals surface area contributed by atoms with Gasteiger partial charge in [0.15, 0.2) is 0 Å². The third kappa shape index (κ3) is 3.21. The highest BCUT2D eigenvalue weighted by Crippen LogP contribution is 2.20. The summed E-state index contributed by atoms with van der Waals surface area (Å²) in [5, 5.41) is 3.54. The quantitative estimate of drug-likeness (QED) is 0.889. The zero-order valence-electron chi connectivity index (χ0n) is 10.1. The fourth-order valence-electron chi connectivity index (χ4n) is 2.06. The van der Waals surface area contributed by atoms with Crippen LogP contribution in [0.15, 0.2) is 18.2 Å². The van der Waals surface area contributed by atoms with Crippen LogP contribution in [-0.4, -0.2) is 37.0 Å². The van der Waals surface area contributed by atoms with Crippen LogP contribution in [0, 0.1) is 5.82 Å². The van der Waals surface area contributed by atoms with Gasteiger partial charge in [-0.2, -0.15) is 0 Å². The normalized spacial score (nSPS) is 16.4. The highest BCUT2D eigenvalue weighted by molar-refractivity contribution is 6.31. The van der Waals surface area contributed by atoms with Gasteiger partial charge >= 0.3 is 0 Å². The Morgan fingerprint density at radius 2 is 2.22 bits per heavy atom. The second-order valence-corrected chi connectivity index (χ2v) is 4.77. The molecule has 1 aliphatic heterocycles. The fourth-order valence-corrected chi connectivity index (χ4v) is 2.29. The van der Waals surface area contributed by atoms with E-state index in [0.717, 1.165) is 26.1 Å². The molecule has 0 saturated carbocycles. The molecule has 0 aromatic heterocycles. The SMILES string of the molecule is O=C(Cc1c(F)cccc1Cl)N1CCCNCC1. The first kappa shape index (κ1) is 13.3. The van der Waals surface area contributed by atoms with E-state index in [4.69, 9.17) is 11.6 Å². The summed E-state index contributed by atoms with van der Waals surface area (Å²) in [7, 11) is 0. The number of amides is 1. The van der Waals surface area contributed by atoms with Gasteiger partial charge in [0.25, 0.3) is 0 Å². The Morgan fingerprint density at radius 1 is 1.39 bits per heavy atom. The number of halogens is 2. The average Bonchev–Trinajstić information content (AvgIpc) is 2.62. The molecule has 5 heteroatoms.